The van der Waals surface area contributed by atoms with Crippen molar-refractivity contribution in [1.82, 2.24) is 39.7 Å². The van der Waals surface area contributed by atoms with Crippen LogP contribution in [0.3, 0.4) is 0 Å². The van der Waals surface area contributed by atoms with Gasteiger partial charge in [-0.05, 0) is 39.0 Å². The van der Waals surface area contributed by atoms with E-state index in [1.165, 1.54) is 0 Å². The number of amides is 2. The van der Waals surface area contributed by atoms with E-state index in [1.807, 2.05) is 41.3 Å². The Hall–Kier alpha value is -3.56. The number of carbonyl (C=O) groups is 2. The Morgan fingerprint density at radius 3 is 2.64 bits per heavy atom. The van der Waals surface area contributed by atoms with Gasteiger partial charge in [-0.3, -0.25) is 24.4 Å². The average molecular weight is 449 g/mol. The van der Waals surface area contributed by atoms with E-state index in [4.69, 9.17) is 0 Å². The van der Waals surface area contributed by atoms with Gasteiger partial charge >= 0.3 is 0 Å². The van der Waals surface area contributed by atoms with Crippen molar-refractivity contribution in [2.45, 2.75) is 39.2 Å². The molecule has 0 radical (unpaired) electrons. The number of carbonyl (C=O) groups excluding carboxylic acids is 2. The van der Waals surface area contributed by atoms with Gasteiger partial charge in [0.1, 0.15) is 5.82 Å². The summed E-state index contributed by atoms with van der Waals surface area (Å²) in [4.78, 5) is 38.7. The van der Waals surface area contributed by atoms with Crippen LogP contribution in [0.2, 0.25) is 0 Å². The van der Waals surface area contributed by atoms with Crippen molar-refractivity contribution in [2.75, 3.05) is 26.2 Å². The van der Waals surface area contributed by atoms with Gasteiger partial charge in [-0.1, -0.05) is 0 Å². The summed E-state index contributed by atoms with van der Waals surface area (Å²) >= 11 is 0. The van der Waals surface area contributed by atoms with E-state index in [9.17, 15) is 9.59 Å². The van der Waals surface area contributed by atoms with Crippen molar-refractivity contribution in [3.05, 3.63) is 59.2 Å². The molecule has 2 amide bonds. The predicted molar refractivity (Wildman–Crippen MR) is 119 cm³/mol. The van der Waals surface area contributed by atoms with Crippen LogP contribution in [0.15, 0.2) is 30.6 Å². The van der Waals surface area contributed by atoms with Gasteiger partial charge in [-0.25, -0.2) is 4.98 Å². The second kappa shape index (κ2) is 8.09. The molecule has 0 aromatic carbocycles. The number of fused-ring (bicyclic) bond motifs is 1. The molecule has 10 nitrogen and oxygen atoms in total. The molecule has 2 aliphatic rings. The van der Waals surface area contributed by atoms with Gasteiger partial charge < -0.3 is 9.80 Å². The number of pyridine rings is 1. The smallest absolute Gasteiger partial charge is 0.255 e. The molecule has 0 aliphatic carbocycles. The Kier molecular flexibility index (Phi) is 5.22. The van der Waals surface area contributed by atoms with Crippen molar-refractivity contribution in [3.8, 4) is 0 Å². The topological polar surface area (TPSA) is 113 Å². The van der Waals surface area contributed by atoms with Crippen LogP contribution in [0.25, 0.3) is 0 Å². The molecule has 1 N–H and O–H groups in total. The number of nitrogens with zero attached hydrogens (tertiary/aromatic N) is 7. The van der Waals surface area contributed by atoms with Gasteiger partial charge in [0.25, 0.3) is 5.91 Å². The maximum Gasteiger partial charge on any atom is 0.255 e. The molecule has 0 unspecified atom stereocenters. The Balaban J connectivity index is 1.34. The van der Waals surface area contributed by atoms with Gasteiger partial charge in [-0.15, -0.1) is 0 Å². The number of nitrogens with one attached hydrogen (secondary N) is 1. The van der Waals surface area contributed by atoms with Crippen molar-refractivity contribution < 1.29 is 9.59 Å². The molecule has 0 bridgehead atoms. The van der Waals surface area contributed by atoms with Gasteiger partial charge in [0.15, 0.2) is 5.82 Å². The minimum Gasteiger partial charge on any atom is -0.341 e. The number of hydrogen-bond donors (Lipinski definition) is 1. The highest BCUT2D eigenvalue weighted by molar-refractivity contribution is 5.94. The van der Waals surface area contributed by atoms with E-state index in [0.29, 0.717) is 50.5 Å². The lowest BCUT2D eigenvalue weighted by molar-refractivity contribution is -0.130. The van der Waals surface area contributed by atoms with E-state index < -0.39 is 5.41 Å². The van der Waals surface area contributed by atoms with E-state index in [1.54, 1.807) is 24.5 Å². The lowest BCUT2D eigenvalue weighted by atomic mass is 9.80. The Labute approximate surface area is 192 Å². The summed E-state index contributed by atoms with van der Waals surface area (Å²) in [6.07, 6.45) is 3.63. The summed E-state index contributed by atoms with van der Waals surface area (Å²) in [7, 11) is 0. The third-order valence-corrected chi connectivity index (χ3v) is 6.84. The molecule has 2 saturated heterocycles. The molecule has 0 saturated carbocycles. The van der Waals surface area contributed by atoms with E-state index >= 15 is 0 Å². The molecular weight excluding hydrogens is 420 g/mol. The Bertz CT molecular complexity index is 1190. The fraction of sp³-hybridized carbons (Fsp3) is 0.478. The highest BCUT2D eigenvalue weighted by atomic mass is 16.2. The van der Waals surface area contributed by atoms with Gasteiger partial charge in [0, 0.05) is 63.2 Å². The van der Waals surface area contributed by atoms with Crippen LogP contribution in [0.1, 0.15) is 39.8 Å². The third-order valence-electron chi connectivity index (χ3n) is 6.84. The van der Waals surface area contributed by atoms with Crippen LogP contribution >= 0.6 is 0 Å². The molecule has 172 valence electrons. The highest BCUT2D eigenvalue weighted by Crippen LogP contribution is 2.44. The number of rotatable bonds is 5. The molecule has 5 heterocycles. The minimum atomic E-state index is -0.476. The summed E-state index contributed by atoms with van der Waals surface area (Å²) in [5.41, 5.74) is 2.09. The van der Waals surface area contributed by atoms with Crippen molar-refractivity contribution in [3.63, 3.8) is 0 Å². The van der Waals surface area contributed by atoms with Crippen LogP contribution < -0.4 is 0 Å². The normalized spacial score (nSPS) is 22.1. The van der Waals surface area contributed by atoms with E-state index in [2.05, 4.69) is 25.3 Å². The summed E-state index contributed by atoms with van der Waals surface area (Å²) in [5.74, 6) is 1.52. The number of aromatic amines is 1. The zero-order chi connectivity index (χ0) is 23.2. The molecule has 3 aromatic heterocycles. The van der Waals surface area contributed by atoms with Crippen LogP contribution in [-0.2, 0) is 16.8 Å². The lowest BCUT2D eigenvalue weighted by Crippen LogP contribution is -2.42. The second-order valence-electron chi connectivity index (χ2n) is 9.20. The summed E-state index contributed by atoms with van der Waals surface area (Å²) in [6, 6.07) is 5.56. The SMILES string of the molecule is Cc1cc(C)n(CCC(=O)N2C[C@@H]3CN(C(=O)c4cccnc4)C[C@]3(c3n[nH]c(C)n3)C2)n1. The molecule has 33 heavy (non-hydrogen) atoms. The summed E-state index contributed by atoms with van der Waals surface area (Å²) in [6.45, 7) is 8.49. The molecule has 10 heteroatoms. The number of H-pyrrole nitrogens is 1. The monoisotopic (exact) mass is 448 g/mol. The maximum absolute atomic E-state index is 13.1. The standard InChI is InChI=1S/C23H28N8O2/c1-15-9-16(2)31(28-15)8-6-20(32)29-11-19-12-30(21(33)18-5-4-7-24-10-18)14-23(19,13-29)22-25-17(3)26-27-22/h4-5,7,9-10,19H,6,8,11-14H2,1-3H3,(H,25,26,27)/t19-,23-/m1/s1. The van der Waals surface area contributed by atoms with Crippen molar-refractivity contribution in [2.24, 2.45) is 5.92 Å². The van der Waals surface area contributed by atoms with Gasteiger partial charge in [0.05, 0.1) is 16.7 Å². The molecule has 5 rings (SSSR count). The fourth-order valence-electron chi connectivity index (χ4n) is 5.22. The fourth-order valence-corrected chi connectivity index (χ4v) is 5.22. The van der Waals surface area contributed by atoms with E-state index in [0.717, 1.165) is 17.2 Å². The zero-order valence-electron chi connectivity index (χ0n) is 19.2. The highest BCUT2D eigenvalue weighted by Gasteiger charge is 2.57. The number of hydrogen-bond acceptors (Lipinski definition) is 6. The van der Waals surface area contributed by atoms with E-state index in [-0.39, 0.29) is 17.7 Å². The first kappa shape index (κ1) is 21.3. The van der Waals surface area contributed by atoms with Crippen molar-refractivity contribution in [1.29, 1.82) is 0 Å². The van der Waals surface area contributed by atoms with Crippen molar-refractivity contribution >= 4 is 11.8 Å². The first-order valence-electron chi connectivity index (χ1n) is 11.2. The summed E-state index contributed by atoms with van der Waals surface area (Å²) in [5, 5.41) is 11.9. The quantitative estimate of drug-likeness (QED) is 0.629. The zero-order valence-corrected chi connectivity index (χ0v) is 19.2. The molecule has 2 atom stereocenters. The third kappa shape index (κ3) is 3.79. The number of aromatic nitrogens is 6. The largest absolute Gasteiger partial charge is 0.341 e. The predicted octanol–water partition coefficient (Wildman–Crippen LogP) is 1.26. The van der Waals surface area contributed by atoms with Crippen LogP contribution in [-0.4, -0.2) is 77.7 Å². The first-order chi connectivity index (χ1) is 15.9. The second-order valence-corrected chi connectivity index (χ2v) is 9.20. The van der Waals surface area contributed by atoms with Crippen LogP contribution in [0, 0.1) is 26.7 Å². The number of likely N-dealkylation sites (tertiary alicyclic amines) is 2. The average Bonchev–Trinajstić information content (AvgIpc) is 3.54. The Morgan fingerprint density at radius 1 is 1.18 bits per heavy atom. The van der Waals surface area contributed by atoms with Gasteiger partial charge in [-0.2, -0.15) is 10.2 Å². The molecule has 3 aromatic rings. The molecule has 2 fully saturated rings. The summed E-state index contributed by atoms with van der Waals surface area (Å²) < 4.78 is 1.88. The van der Waals surface area contributed by atoms with Crippen LogP contribution in [0.4, 0.5) is 0 Å². The lowest BCUT2D eigenvalue weighted by Gasteiger charge is -2.27. The minimum absolute atomic E-state index is 0.0495. The van der Waals surface area contributed by atoms with Crippen LogP contribution in [0.5, 0.6) is 0 Å². The molecule has 0 spiro atoms. The first-order valence-corrected chi connectivity index (χ1v) is 11.2. The number of aryl methyl sites for hydroxylation is 4. The molecular formula is C23H28N8O2. The maximum atomic E-state index is 13.1. The van der Waals surface area contributed by atoms with Gasteiger partial charge in [0.2, 0.25) is 5.91 Å². The molecule has 2 aliphatic heterocycles. The Morgan fingerprint density at radius 2 is 1.97 bits per heavy atom.